The lowest BCUT2D eigenvalue weighted by Crippen LogP contribution is -2.14. The van der Waals surface area contributed by atoms with E-state index >= 15 is 0 Å². The van der Waals surface area contributed by atoms with Gasteiger partial charge in [-0.05, 0) is 67.9 Å². The van der Waals surface area contributed by atoms with Crippen LogP contribution in [-0.2, 0) is 12.8 Å². The summed E-state index contributed by atoms with van der Waals surface area (Å²) in [5.41, 5.74) is 2.43. The number of nitrogens with one attached hydrogen (secondary N) is 1. The highest BCUT2D eigenvalue weighted by atomic mass is 32.1. The number of aromatic amines is 1. The zero-order valence-electron chi connectivity index (χ0n) is 15.6. The Kier molecular flexibility index (Phi) is 5.10. The van der Waals surface area contributed by atoms with Crippen LogP contribution in [0.2, 0.25) is 0 Å². The van der Waals surface area contributed by atoms with E-state index in [4.69, 9.17) is 0 Å². The normalized spacial score (nSPS) is 15.5. The minimum Gasteiger partial charge on any atom is -0.508 e. The molecule has 0 bridgehead atoms. The van der Waals surface area contributed by atoms with Crippen molar-refractivity contribution in [3.8, 4) is 11.4 Å². The highest BCUT2D eigenvalue weighted by molar-refractivity contribution is 7.18. The van der Waals surface area contributed by atoms with Gasteiger partial charge in [-0.25, -0.2) is 4.68 Å². The molecule has 0 aliphatic heterocycles. The van der Waals surface area contributed by atoms with Gasteiger partial charge in [-0.15, -0.1) is 11.3 Å². The third-order valence-corrected chi connectivity index (χ3v) is 6.63. The Morgan fingerprint density at radius 2 is 2.11 bits per heavy atom. The zero-order valence-corrected chi connectivity index (χ0v) is 16.4. The number of hydrogen-bond donors (Lipinski definition) is 3. The molecule has 1 aliphatic carbocycles. The average Bonchev–Trinajstić information content (AvgIpc) is 3.34. The molecule has 5 nitrogen and oxygen atoms in total. The Hall–Kier alpha value is -2.05. The SMILES string of the molecule is CCC(O)CCc1cc2[nH]n(-c3ccc(O)c(CCC4CC4)c3)c(=O)c2s1. The molecule has 3 N–H and O–H groups in total. The van der Waals surface area contributed by atoms with Crippen molar-refractivity contribution in [1.82, 2.24) is 9.78 Å². The van der Waals surface area contributed by atoms with Crippen molar-refractivity contribution < 1.29 is 10.2 Å². The molecule has 4 rings (SSSR count). The number of fused-ring (bicyclic) bond motifs is 1. The first-order chi connectivity index (χ1) is 13.0. The number of aryl methyl sites for hydroxylation is 2. The van der Waals surface area contributed by atoms with Crippen LogP contribution in [0.25, 0.3) is 15.9 Å². The number of aromatic nitrogens is 2. The molecule has 0 radical (unpaired) electrons. The van der Waals surface area contributed by atoms with Crippen LogP contribution < -0.4 is 5.56 Å². The van der Waals surface area contributed by atoms with E-state index in [1.165, 1.54) is 24.2 Å². The second kappa shape index (κ2) is 7.52. The number of H-pyrrole nitrogens is 1. The Bertz CT molecular complexity index is 997. The Balaban J connectivity index is 1.58. The lowest BCUT2D eigenvalue weighted by Gasteiger charge is -2.08. The summed E-state index contributed by atoms with van der Waals surface area (Å²) < 4.78 is 2.27. The van der Waals surface area contributed by atoms with Gasteiger partial charge in [0.05, 0.1) is 17.3 Å². The largest absolute Gasteiger partial charge is 0.508 e. The number of hydrogen-bond acceptors (Lipinski definition) is 4. The molecule has 0 saturated heterocycles. The third-order valence-electron chi connectivity index (χ3n) is 5.45. The van der Waals surface area contributed by atoms with Crippen molar-refractivity contribution in [3.05, 3.63) is 45.1 Å². The van der Waals surface area contributed by atoms with Crippen LogP contribution in [0.5, 0.6) is 5.75 Å². The molecular formula is C21H26N2O3S. The van der Waals surface area contributed by atoms with Crippen LogP contribution in [0.1, 0.15) is 49.5 Å². The second-order valence-electron chi connectivity index (χ2n) is 7.60. The van der Waals surface area contributed by atoms with Crippen molar-refractivity contribution in [2.45, 2.75) is 58.0 Å². The highest BCUT2D eigenvalue weighted by Gasteiger charge is 2.21. The van der Waals surface area contributed by atoms with Crippen LogP contribution in [-0.4, -0.2) is 26.1 Å². The number of benzene rings is 1. The first-order valence-corrected chi connectivity index (χ1v) is 10.6. The third kappa shape index (κ3) is 3.96. The molecule has 0 amide bonds. The first-order valence-electron chi connectivity index (χ1n) is 9.79. The molecule has 6 heteroatoms. The number of thiophene rings is 1. The van der Waals surface area contributed by atoms with E-state index in [9.17, 15) is 15.0 Å². The van der Waals surface area contributed by atoms with E-state index in [2.05, 4.69) is 5.10 Å². The molecule has 1 fully saturated rings. The summed E-state index contributed by atoms with van der Waals surface area (Å²) >= 11 is 1.50. The maximum atomic E-state index is 12.8. The molecule has 27 heavy (non-hydrogen) atoms. The zero-order chi connectivity index (χ0) is 19.0. The molecule has 1 aromatic carbocycles. The van der Waals surface area contributed by atoms with Crippen LogP contribution in [0.4, 0.5) is 0 Å². The number of phenols is 1. The first kappa shape index (κ1) is 18.3. The average molecular weight is 387 g/mol. The van der Waals surface area contributed by atoms with Gasteiger partial charge in [-0.3, -0.25) is 9.89 Å². The summed E-state index contributed by atoms with van der Waals surface area (Å²) in [5, 5.41) is 23.1. The van der Waals surface area contributed by atoms with Crippen molar-refractivity contribution in [1.29, 1.82) is 0 Å². The summed E-state index contributed by atoms with van der Waals surface area (Å²) in [6.07, 6.45) is 6.50. The maximum Gasteiger partial charge on any atom is 0.289 e. The number of nitrogens with zero attached hydrogens (tertiary/aromatic N) is 1. The number of aliphatic hydroxyl groups is 1. The topological polar surface area (TPSA) is 78.2 Å². The summed E-state index contributed by atoms with van der Waals surface area (Å²) in [4.78, 5) is 14.0. The number of aliphatic hydroxyl groups excluding tert-OH is 1. The molecule has 3 aromatic rings. The van der Waals surface area contributed by atoms with Gasteiger partial charge < -0.3 is 10.2 Å². The van der Waals surface area contributed by atoms with E-state index < -0.39 is 0 Å². The molecule has 144 valence electrons. The van der Waals surface area contributed by atoms with Crippen molar-refractivity contribution in [2.75, 3.05) is 0 Å². The standard InChI is InChI=1S/C21H26N2O3S/c1-2-16(24)8-9-17-12-18-20(27-17)21(26)23(22-18)15-7-10-19(25)14(11-15)6-5-13-3-4-13/h7,10-13,16,22,24-25H,2-6,8-9H2,1H3. The number of aromatic hydroxyl groups is 1. The van der Waals surface area contributed by atoms with Gasteiger partial charge in [0.2, 0.25) is 0 Å². The molecule has 2 heterocycles. The lowest BCUT2D eigenvalue weighted by atomic mass is 10.1. The fraction of sp³-hybridized carbons (Fsp3) is 0.476. The maximum absolute atomic E-state index is 12.8. The van der Waals surface area contributed by atoms with Gasteiger partial charge in [0.1, 0.15) is 10.4 Å². The minimum absolute atomic E-state index is 0.0591. The van der Waals surface area contributed by atoms with E-state index in [1.807, 2.05) is 19.1 Å². The number of phenolic OH excluding ortho intramolecular Hbond substituents is 1. The molecule has 0 spiro atoms. The van der Waals surface area contributed by atoms with Crippen LogP contribution in [0.3, 0.4) is 0 Å². The van der Waals surface area contributed by atoms with Crippen LogP contribution in [0.15, 0.2) is 29.1 Å². The van der Waals surface area contributed by atoms with Crippen molar-refractivity contribution >= 4 is 21.6 Å². The quantitative estimate of drug-likeness (QED) is 0.545. The van der Waals surface area contributed by atoms with E-state index in [0.717, 1.165) is 59.7 Å². The van der Waals surface area contributed by atoms with Crippen molar-refractivity contribution in [3.63, 3.8) is 0 Å². The van der Waals surface area contributed by atoms with Crippen LogP contribution in [0, 0.1) is 5.92 Å². The minimum atomic E-state index is -0.284. The second-order valence-corrected chi connectivity index (χ2v) is 8.74. The Morgan fingerprint density at radius 3 is 2.81 bits per heavy atom. The summed E-state index contributed by atoms with van der Waals surface area (Å²) in [5.74, 6) is 1.11. The molecule has 1 saturated carbocycles. The van der Waals surface area contributed by atoms with Crippen molar-refractivity contribution in [2.24, 2.45) is 5.92 Å². The Morgan fingerprint density at radius 1 is 1.30 bits per heavy atom. The van der Waals surface area contributed by atoms with E-state index in [1.54, 1.807) is 16.8 Å². The monoisotopic (exact) mass is 386 g/mol. The molecule has 1 atom stereocenters. The molecule has 1 unspecified atom stereocenters. The predicted molar refractivity (Wildman–Crippen MR) is 109 cm³/mol. The molecule has 1 aliphatic rings. The smallest absolute Gasteiger partial charge is 0.289 e. The van der Waals surface area contributed by atoms with Gasteiger partial charge in [0.25, 0.3) is 5.56 Å². The predicted octanol–water partition coefficient (Wildman–Crippen LogP) is 4.13. The fourth-order valence-electron chi connectivity index (χ4n) is 3.45. The van der Waals surface area contributed by atoms with E-state index in [0.29, 0.717) is 10.4 Å². The molecular weight excluding hydrogens is 360 g/mol. The van der Waals surface area contributed by atoms with Gasteiger partial charge in [0.15, 0.2) is 0 Å². The summed E-state index contributed by atoms with van der Waals surface area (Å²) in [6.45, 7) is 1.97. The summed E-state index contributed by atoms with van der Waals surface area (Å²) in [7, 11) is 0. The fourth-order valence-corrected chi connectivity index (χ4v) is 4.50. The van der Waals surface area contributed by atoms with Gasteiger partial charge >= 0.3 is 0 Å². The highest BCUT2D eigenvalue weighted by Crippen LogP contribution is 2.35. The van der Waals surface area contributed by atoms with Gasteiger partial charge in [-0.1, -0.05) is 19.8 Å². The Labute approximate surface area is 162 Å². The van der Waals surface area contributed by atoms with Gasteiger partial charge in [-0.2, -0.15) is 0 Å². The van der Waals surface area contributed by atoms with Gasteiger partial charge in [0, 0.05) is 4.88 Å². The summed E-state index contributed by atoms with van der Waals surface area (Å²) in [6, 6.07) is 7.37. The van der Waals surface area contributed by atoms with E-state index in [-0.39, 0.29) is 11.7 Å². The van der Waals surface area contributed by atoms with Crippen LogP contribution >= 0.6 is 11.3 Å². The number of rotatable bonds is 8. The lowest BCUT2D eigenvalue weighted by molar-refractivity contribution is 0.161. The molecule has 2 aromatic heterocycles.